The van der Waals surface area contributed by atoms with Gasteiger partial charge in [-0.3, -0.25) is 9.79 Å². The molecule has 2 saturated heterocycles. The zero-order valence-electron chi connectivity index (χ0n) is 13.8. The van der Waals surface area contributed by atoms with Crippen LogP contribution < -0.4 is 5.32 Å². The summed E-state index contributed by atoms with van der Waals surface area (Å²) in [6.45, 7) is 1.69. The highest BCUT2D eigenvalue weighted by atomic mass is 32.2. The number of carbonyl (C=O) groups excluding carboxylic acids is 1. The van der Waals surface area contributed by atoms with Crippen molar-refractivity contribution in [2.24, 2.45) is 4.99 Å². The molecule has 8 heteroatoms. The van der Waals surface area contributed by atoms with Crippen LogP contribution in [0, 0.1) is 0 Å². The quantitative estimate of drug-likeness (QED) is 0.850. The lowest BCUT2D eigenvalue weighted by molar-refractivity contribution is 0.0724. The Balaban J connectivity index is 1.39. The van der Waals surface area contributed by atoms with E-state index in [-0.39, 0.29) is 28.7 Å². The maximum absolute atomic E-state index is 12.5. The monoisotopic (exact) mass is 379 g/mol. The summed E-state index contributed by atoms with van der Waals surface area (Å²) >= 11 is 1.50. The summed E-state index contributed by atoms with van der Waals surface area (Å²) < 4.78 is 23.2. The van der Waals surface area contributed by atoms with Gasteiger partial charge in [-0.1, -0.05) is 11.8 Å². The third-order valence-electron chi connectivity index (χ3n) is 4.84. The molecule has 1 amide bonds. The van der Waals surface area contributed by atoms with Gasteiger partial charge in [0.2, 0.25) is 0 Å². The fourth-order valence-corrected chi connectivity index (χ4v) is 7.19. The van der Waals surface area contributed by atoms with E-state index in [1.807, 2.05) is 29.2 Å². The van der Waals surface area contributed by atoms with Gasteiger partial charge >= 0.3 is 0 Å². The van der Waals surface area contributed by atoms with E-state index in [4.69, 9.17) is 0 Å². The van der Waals surface area contributed by atoms with Crippen LogP contribution in [0.5, 0.6) is 0 Å². The Labute approximate surface area is 152 Å². The SMILES string of the molecule is O=C(c1ccc(NC2=N[C@@H]3CS(=O)(=O)C[C@H]3S2)cc1)N1CCCCC1. The van der Waals surface area contributed by atoms with Gasteiger partial charge in [-0.15, -0.1) is 0 Å². The van der Waals surface area contributed by atoms with Crippen LogP contribution in [0.15, 0.2) is 29.3 Å². The summed E-state index contributed by atoms with van der Waals surface area (Å²) in [6.07, 6.45) is 3.37. The molecule has 25 heavy (non-hydrogen) atoms. The average molecular weight is 380 g/mol. The molecule has 0 aliphatic carbocycles. The molecule has 1 aromatic carbocycles. The highest BCUT2D eigenvalue weighted by molar-refractivity contribution is 8.15. The van der Waals surface area contributed by atoms with Gasteiger partial charge in [0.25, 0.3) is 5.91 Å². The molecular weight excluding hydrogens is 358 g/mol. The van der Waals surface area contributed by atoms with E-state index < -0.39 is 9.84 Å². The van der Waals surface area contributed by atoms with E-state index in [2.05, 4.69) is 10.3 Å². The number of thioether (sulfide) groups is 1. The summed E-state index contributed by atoms with van der Waals surface area (Å²) in [7, 11) is -2.93. The number of piperidine rings is 1. The smallest absolute Gasteiger partial charge is 0.253 e. The van der Waals surface area contributed by atoms with Gasteiger partial charge in [0.05, 0.1) is 17.5 Å². The van der Waals surface area contributed by atoms with Crippen molar-refractivity contribution in [3.05, 3.63) is 29.8 Å². The third kappa shape index (κ3) is 3.69. The predicted molar refractivity (Wildman–Crippen MR) is 101 cm³/mol. The van der Waals surface area contributed by atoms with Gasteiger partial charge in [0, 0.05) is 29.6 Å². The number of rotatable bonds is 2. The van der Waals surface area contributed by atoms with Gasteiger partial charge in [-0.25, -0.2) is 8.42 Å². The van der Waals surface area contributed by atoms with Crippen LogP contribution in [0.25, 0.3) is 0 Å². The molecule has 0 spiro atoms. The normalized spacial score (nSPS) is 27.7. The molecule has 0 unspecified atom stereocenters. The summed E-state index contributed by atoms with van der Waals surface area (Å²) in [5.74, 6) is 0.456. The number of nitrogens with zero attached hydrogens (tertiary/aromatic N) is 2. The highest BCUT2D eigenvalue weighted by Crippen LogP contribution is 2.34. The standard InChI is InChI=1S/C17H21N3O3S2/c21-16(20-8-2-1-3-9-20)12-4-6-13(7-5-12)18-17-19-14-10-25(22,23)11-15(14)24-17/h4-7,14-15H,1-3,8-11H2,(H,18,19)/t14-,15-/m1/s1. The molecule has 2 fully saturated rings. The molecule has 4 rings (SSSR count). The predicted octanol–water partition coefficient (Wildman–Crippen LogP) is 1.99. The molecule has 0 saturated carbocycles. The van der Waals surface area contributed by atoms with Crippen LogP contribution in [-0.2, 0) is 9.84 Å². The van der Waals surface area contributed by atoms with Crippen LogP contribution in [-0.4, -0.2) is 60.3 Å². The van der Waals surface area contributed by atoms with Crippen LogP contribution >= 0.6 is 11.8 Å². The first-order valence-corrected chi connectivity index (χ1v) is 11.3. The molecule has 0 aromatic heterocycles. The lowest BCUT2D eigenvalue weighted by atomic mass is 10.1. The second-order valence-electron chi connectivity index (χ2n) is 6.79. The minimum atomic E-state index is -2.93. The zero-order chi connectivity index (χ0) is 17.4. The molecule has 0 bridgehead atoms. The summed E-state index contributed by atoms with van der Waals surface area (Å²) in [6, 6.07) is 7.31. The van der Waals surface area contributed by atoms with Crippen molar-refractivity contribution in [3.8, 4) is 0 Å². The number of benzene rings is 1. The minimum Gasteiger partial charge on any atom is -0.339 e. The summed E-state index contributed by atoms with van der Waals surface area (Å²) in [5.41, 5.74) is 1.57. The van der Waals surface area contributed by atoms with E-state index in [0.717, 1.165) is 36.8 Å². The van der Waals surface area contributed by atoms with Gasteiger partial charge in [0.1, 0.15) is 0 Å². The largest absolute Gasteiger partial charge is 0.339 e. The molecular formula is C17H21N3O3S2. The van der Waals surface area contributed by atoms with E-state index in [9.17, 15) is 13.2 Å². The Morgan fingerprint density at radius 3 is 2.52 bits per heavy atom. The second-order valence-corrected chi connectivity index (χ2v) is 10.2. The van der Waals surface area contributed by atoms with Crippen molar-refractivity contribution in [2.75, 3.05) is 29.9 Å². The van der Waals surface area contributed by atoms with Crippen molar-refractivity contribution in [2.45, 2.75) is 30.6 Å². The maximum Gasteiger partial charge on any atom is 0.253 e. The molecule has 3 aliphatic rings. The number of likely N-dealkylation sites (tertiary alicyclic amines) is 1. The van der Waals surface area contributed by atoms with Gasteiger partial charge in [0.15, 0.2) is 15.0 Å². The Morgan fingerprint density at radius 2 is 1.84 bits per heavy atom. The Hall–Kier alpha value is -1.54. The Kier molecular flexibility index (Phi) is 4.49. The molecule has 134 valence electrons. The van der Waals surface area contributed by atoms with Crippen molar-refractivity contribution in [1.29, 1.82) is 0 Å². The molecule has 6 nitrogen and oxygen atoms in total. The van der Waals surface area contributed by atoms with Gasteiger partial charge in [-0.05, 0) is 43.5 Å². The van der Waals surface area contributed by atoms with Crippen molar-refractivity contribution in [1.82, 2.24) is 4.90 Å². The van der Waals surface area contributed by atoms with E-state index >= 15 is 0 Å². The maximum atomic E-state index is 12.5. The van der Waals surface area contributed by atoms with Crippen molar-refractivity contribution in [3.63, 3.8) is 0 Å². The van der Waals surface area contributed by atoms with Crippen molar-refractivity contribution >= 4 is 38.4 Å². The second kappa shape index (κ2) is 6.64. The third-order valence-corrected chi connectivity index (χ3v) is 7.99. The molecule has 2 atom stereocenters. The number of anilines is 1. The molecule has 0 radical (unpaired) electrons. The highest BCUT2D eigenvalue weighted by Gasteiger charge is 2.42. The number of amidine groups is 1. The topological polar surface area (TPSA) is 78.8 Å². The van der Waals surface area contributed by atoms with E-state index in [1.165, 1.54) is 18.2 Å². The van der Waals surface area contributed by atoms with Crippen LogP contribution in [0.4, 0.5) is 5.69 Å². The zero-order valence-corrected chi connectivity index (χ0v) is 15.5. The van der Waals surface area contributed by atoms with Gasteiger partial charge in [-0.2, -0.15) is 0 Å². The summed E-state index contributed by atoms with van der Waals surface area (Å²) in [5, 5.41) is 4.03. The Bertz CT molecular complexity index is 799. The number of aliphatic imine (C=N–C) groups is 1. The number of hydrogen-bond donors (Lipinski definition) is 1. The van der Waals surface area contributed by atoms with Crippen molar-refractivity contribution < 1.29 is 13.2 Å². The number of fused-ring (bicyclic) bond motifs is 1. The molecule has 1 aromatic rings. The lowest BCUT2D eigenvalue weighted by Crippen LogP contribution is -2.35. The van der Waals surface area contributed by atoms with Crippen LogP contribution in [0.3, 0.4) is 0 Å². The number of nitrogens with one attached hydrogen (secondary N) is 1. The first kappa shape index (κ1) is 16.9. The fraction of sp³-hybridized carbons (Fsp3) is 0.529. The van der Waals surface area contributed by atoms with Crippen LogP contribution in [0.2, 0.25) is 0 Å². The molecule has 1 N–H and O–H groups in total. The number of carbonyl (C=O) groups is 1. The average Bonchev–Trinajstić information content (AvgIpc) is 3.08. The molecule has 3 heterocycles. The van der Waals surface area contributed by atoms with E-state index in [1.54, 1.807) is 0 Å². The number of sulfone groups is 1. The Morgan fingerprint density at radius 1 is 1.12 bits per heavy atom. The molecule has 3 aliphatic heterocycles. The fourth-order valence-electron chi connectivity index (χ4n) is 3.52. The first-order valence-electron chi connectivity index (χ1n) is 8.61. The number of hydrogen-bond acceptors (Lipinski definition) is 6. The van der Waals surface area contributed by atoms with Gasteiger partial charge < -0.3 is 10.2 Å². The minimum absolute atomic E-state index is 0.0347. The summed E-state index contributed by atoms with van der Waals surface area (Å²) in [4.78, 5) is 18.9. The van der Waals surface area contributed by atoms with E-state index in [0.29, 0.717) is 5.56 Å². The first-order chi connectivity index (χ1) is 12.0. The lowest BCUT2D eigenvalue weighted by Gasteiger charge is -2.26. The number of amides is 1. The van der Waals surface area contributed by atoms with Crippen LogP contribution in [0.1, 0.15) is 29.6 Å².